The molecule has 0 amide bonds. The molecule has 1 aromatic carbocycles. The maximum atomic E-state index is 9.76. The van der Waals surface area contributed by atoms with E-state index in [0.717, 1.165) is 54.8 Å². The zero-order chi connectivity index (χ0) is 18.5. The van der Waals surface area contributed by atoms with Crippen LogP contribution in [0.2, 0.25) is 0 Å². The Balaban J connectivity index is 1.68. The number of piperidine rings is 1. The highest BCUT2D eigenvalue weighted by Crippen LogP contribution is 2.30. The van der Waals surface area contributed by atoms with Crippen molar-refractivity contribution >= 4 is 11.8 Å². The summed E-state index contributed by atoms with van der Waals surface area (Å²) in [5.74, 6) is 2.98. The number of ether oxygens (including phenoxy) is 1. The molecule has 0 radical (unpaired) electrons. The van der Waals surface area contributed by atoms with Crippen LogP contribution in [0, 0.1) is 0 Å². The average molecular weight is 375 g/mol. The predicted octanol–water partition coefficient (Wildman–Crippen LogP) is 3.19. The standard InChI is InChI=1S/C19H26N4O2S/c1-4-10-26-19-21-20-18(22(19)2)15-6-5-9-23(13-15)12-14-7-8-16(24)17(11-14)25-3/h4,7-8,11,15,24H,1,5-6,9-10,12-13H2,2-3H3/t15-/m1/s1. The Morgan fingerprint density at radius 3 is 3.04 bits per heavy atom. The first-order valence-corrected chi connectivity index (χ1v) is 9.82. The molecule has 0 bridgehead atoms. The van der Waals surface area contributed by atoms with Gasteiger partial charge in [-0.25, -0.2) is 0 Å². The summed E-state index contributed by atoms with van der Waals surface area (Å²) in [6.45, 7) is 6.62. The zero-order valence-electron chi connectivity index (χ0n) is 15.4. The van der Waals surface area contributed by atoms with Crippen LogP contribution in [0.3, 0.4) is 0 Å². The lowest BCUT2D eigenvalue weighted by atomic mass is 9.96. The summed E-state index contributed by atoms with van der Waals surface area (Å²) in [6, 6.07) is 5.56. The number of benzene rings is 1. The minimum absolute atomic E-state index is 0.177. The van der Waals surface area contributed by atoms with Crippen molar-refractivity contribution < 1.29 is 9.84 Å². The molecular weight excluding hydrogens is 348 g/mol. The van der Waals surface area contributed by atoms with E-state index in [1.54, 1.807) is 24.9 Å². The number of phenols is 1. The number of nitrogens with zero attached hydrogens (tertiary/aromatic N) is 4. The molecule has 1 N–H and O–H groups in total. The van der Waals surface area contributed by atoms with Crippen molar-refractivity contribution in [1.29, 1.82) is 0 Å². The molecule has 6 nitrogen and oxygen atoms in total. The Morgan fingerprint density at radius 2 is 2.27 bits per heavy atom. The van der Waals surface area contributed by atoms with Gasteiger partial charge >= 0.3 is 0 Å². The third-order valence-electron chi connectivity index (χ3n) is 4.72. The Bertz CT molecular complexity index is 762. The number of aromatic nitrogens is 3. The molecule has 26 heavy (non-hydrogen) atoms. The Labute approximate surface area is 158 Å². The van der Waals surface area contributed by atoms with E-state index in [1.165, 1.54) is 0 Å². The van der Waals surface area contributed by atoms with Crippen LogP contribution in [0.15, 0.2) is 36.0 Å². The second-order valence-electron chi connectivity index (χ2n) is 6.58. The highest BCUT2D eigenvalue weighted by Gasteiger charge is 2.26. The first-order valence-electron chi connectivity index (χ1n) is 8.83. The second kappa shape index (κ2) is 8.60. The molecule has 1 aromatic heterocycles. The summed E-state index contributed by atoms with van der Waals surface area (Å²) < 4.78 is 7.33. The number of phenolic OH excluding ortho intramolecular Hbond substituents is 1. The number of likely N-dealkylation sites (tertiary alicyclic amines) is 1. The molecule has 0 aliphatic carbocycles. The third-order valence-corrected chi connectivity index (χ3v) is 5.74. The van der Waals surface area contributed by atoms with E-state index in [9.17, 15) is 5.11 Å². The molecule has 0 saturated carbocycles. The van der Waals surface area contributed by atoms with Crippen LogP contribution in [0.5, 0.6) is 11.5 Å². The molecule has 2 heterocycles. The van der Waals surface area contributed by atoms with Crippen molar-refractivity contribution in [3.8, 4) is 11.5 Å². The van der Waals surface area contributed by atoms with Crippen molar-refractivity contribution in [2.45, 2.75) is 30.5 Å². The lowest BCUT2D eigenvalue weighted by Gasteiger charge is -2.32. The fourth-order valence-electron chi connectivity index (χ4n) is 3.43. The summed E-state index contributed by atoms with van der Waals surface area (Å²) in [5, 5.41) is 19.5. The van der Waals surface area contributed by atoms with E-state index in [2.05, 4.69) is 26.2 Å². The lowest BCUT2D eigenvalue weighted by Crippen LogP contribution is -2.34. The van der Waals surface area contributed by atoms with E-state index >= 15 is 0 Å². The Hall–Kier alpha value is -1.99. The molecule has 2 aromatic rings. The van der Waals surface area contributed by atoms with Crippen molar-refractivity contribution in [3.63, 3.8) is 0 Å². The first kappa shape index (κ1) is 18.8. The van der Waals surface area contributed by atoms with Crippen LogP contribution >= 0.6 is 11.8 Å². The van der Waals surface area contributed by atoms with Gasteiger partial charge in [0, 0.05) is 31.8 Å². The van der Waals surface area contributed by atoms with Gasteiger partial charge in [-0.15, -0.1) is 16.8 Å². The van der Waals surface area contributed by atoms with Crippen molar-refractivity contribution in [3.05, 3.63) is 42.2 Å². The van der Waals surface area contributed by atoms with Gasteiger partial charge in [0.15, 0.2) is 16.7 Å². The monoisotopic (exact) mass is 374 g/mol. The average Bonchev–Trinajstić information content (AvgIpc) is 3.02. The van der Waals surface area contributed by atoms with E-state index in [-0.39, 0.29) is 5.75 Å². The van der Waals surface area contributed by atoms with E-state index in [1.807, 2.05) is 25.3 Å². The van der Waals surface area contributed by atoms with Gasteiger partial charge in [0.25, 0.3) is 0 Å². The van der Waals surface area contributed by atoms with Crippen LogP contribution in [-0.2, 0) is 13.6 Å². The molecule has 1 atom stereocenters. The Kier molecular flexibility index (Phi) is 6.21. The highest BCUT2D eigenvalue weighted by molar-refractivity contribution is 7.99. The van der Waals surface area contributed by atoms with Gasteiger partial charge in [0.05, 0.1) is 7.11 Å². The van der Waals surface area contributed by atoms with Gasteiger partial charge < -0.3 is 14.4 Å². The summed E-state index contributed by atoms with van der Waals surface area (Å²) >= 11 is 1.66. The van der Waals surface area contributed by atoms with Gasteiger partial charge in [-0.05, 0) is 37.1 Å². The predicted molar refractivity (Wildman–Crippen MR) is 104 cm³/mol. The second-order valence-corrected chi connectivity index (χ2v) is 7.57. The lowest BCUT2D eigenvalue weighted by molar-refractivity contribution is 0.194. The molecule has 1 aliphatic heterocycles. The first-order chi connectivity index (χ1) is 12.6. The summed E-state index contributed by atoms with van der Waals surface area (Å²) in [6.07, 6.45) is 4.16. The quantitative estimate of drug-likeness (QED) is 0.593. The maximum Gasteiger partial charge on any atom is 0.191 e. The molecule has 1 aliphatic rings. The SMILES string of the molecule is C=CCSc1nnc([C@@H]2CCCN(Cc3ccc(O)c(OC)c3)C2)n1C. The topological polar surface area (TPSA) is 63.4 Å². The van der Waals surface area contributed by atoms with Crippen LogP contribution in [0.1, 0.15) is 30.1 Å². The molecule has 3 rings (SSSR count). The normalized spacial score (nSPS) is 18.0. The summed E-state index contributed by atoms with van der Waals surface area (Å²) in [4.78, 5) is 2.44. The number of hydrogen-bond donors (Lipinski definition) is 1. The van der Waals surface area contributed by atoms with Gasteiger partial charge in [-0.1, -0.05) is 23.9 Å². The van der Waals surface area contributed by atoms with Crippen molar-refractivity contribution in [1.82, 2.24) is 19.7 Å². The zero-order valence-corrected chi connectivity index (χ0v) is 16.2. The molecule has 140 valence electrons. The minimum Gasteiger partial charge on any atom is -0.504 e. The molecule has 1 fully saturated rings. The summed E-state index contributed by atoms with van der Waals surface area (Å²) in [7, 11) is 3.62. The molecular formula is C19H26N4O2S. The minimum atomic E-state index is 0.177. The van der Waals surface area contributed by atoms with E-state index in [4.69, 9.17) is 4.74 Å². The molecule has 1 saturated heterocycles. The number of thioether (sulfide) groups is 1. The van der Waals surface area contributed by atoms with E-state index in [0.29, 0.717) is 11.7 Å². The number of aromatic hydroxyl groups is 1. The maximum absolute atomic E-state index is 9.76. The van der Waals surface area contributed by atoms with Gasteiger partial charge in [-0.3, -0.25) is 4.90 Å². The summed E-state index contributed by atoms with van der Waals surface area (Å²) in [5.41, 5.74) is 1.14. The van der Waals surface area contributed by atoms with Crippen molar-refractivity contribution in [2.24, 2.45) is 7.05 Å². The number of rotatable bonds is 7. The number of methoxy groups -OCH3 is 1. The van der Waals surface area contributed by atoms with Crippen LogP contribution < -0.4 is 4.74 Å². The van der Waals surface area contributed by atoms with Gasteiger partial charge in [0.2, 0.25) is 0 Å². The molecule has 0 spiro atoms. The van der Waals surface area contributed by atoms with Crippen molar-refractivity contribution in [2.75, 3.05) is 26.0 Å². The highest BCUT2D eigenvalue weighted by atomic mass is 32.2. The van der Waals surface area contributed by atoms with E-state index < -0.39 is 0 Å². The van der Waals surface area contributed by atoms with Crippen LogP contribution in [0.25, 0.3) is 0 Å². The van der Waals surface area contributed by atoms with Crippen LogP contribution in [0.4, 0.5) is 0 Å². The van der Waals surface area contributed by atoms with Gasteiger partial charge in [-0.2, -0.15) is 0 Å². The molecule has 7 heteroatoms. The third kappa shape index (κ3) is 4.22. The largest absolute Gasteiger partial charge is 0.504 e. The Morgan fingerprint density at radius 1 is 1.42 bits per heavy atom. The number of hydrogen-bond acceptors (Lipinski definition) is 6. The van der Waals surface area contributed by atoms with Gasteiger partial charge in [0.1, 0.15) is 5.82 Å². The fourth-order valence-corrected chi connectivity index (χ4v) is 4.08. The fraction of sp³-hybridized carbons (Fsp3) is 0.474. The molecule has 0 unspecified atom stereocenters. The smallest absolute Gasteiger partial charge is 0.191 e. The van der Waals surface area contributed by atoms with Crippen LogP contribution in [-0.4, -0.2) is 50.7 Å².